The second-order valence-electron chi connectivity index (χ2n) is 3.73. The standard InChI is InChI=1S/C10H14N2OS/c1-2-6-9-7(12-10(14)11-6)4-3-5-8(9)13/h6H,2-5H2,1H3,(H2,11,12,14). The molecule has 1 atom stereocenters. The Balaban J connectivity index is 2.36. The van der Waals surface area contributed by atoms with E-state index in [2.05, 4.69) is 17.6 Å². The lowest BCUT2D eigenvalue weighted by atomic mass is 9.88. The van der Waals surface area contributed by atoms with Gasteiger partial charge in [-0.25, -0.2) is 0 Å². The van der Waals surface area contributed by atoms with Crippen LogP contribution in [0.4, 0.5) is 0 Å². The molecule has 0 radical (unpaired) electrons. The maximum Gasteiger partial charge on any atom is 0.171 e. The summed E-state index contributed by atoms with van der Waals surface area (Å²) < 4.78 is 0. The molecule has 4 heteroatoms. The normalized spacial score (nSPS) is 26.8. The van der Waals surface area contributed by atoms with Crippen molar-refractivity contribution in [3.05, 3.63) is 11.3 Å². The van der Waals surface area contributed by atoms with Gasteiger partial charge in [-0.3, -0.25) is 4.79 Å². The third kappa shape index (κ3) is 1.54. The first-order valence-electron chi connectivity index (χ1n) is 5.06. The average molecular weight is 210 g/mol. The maximum atomic E-state index is 11.7. The average Bonchev–Trinajstić information content (AvgIpc) is 2.16. The minimum absolute atomic E-state index is 0.131. The molecule has 0 bridgehead atoms. The van der Waals surface area contributed by atoms with Gasteiger partial charge in [-0.05, 0) is 31.5 Å². The van der Waals surface area contributed by atoms with Gasteiger partial charge in [0.2, 0.25) is 0 Å². The third-order valence-corrected chi connectivity index (χ3v) is 3.00. The van der Waals surface area contributed by atoms with Crippen LogP contribution in [0.2, 0.25) is 0 Å². The molecule has 2 N–H and O–H groups in total. The van der Waals surface area contributed by atoms with Crippen LogP contribution < -0.4 is 10.6 Å². The summed E-state index contributed by atoms with van der Waals surface area (Å²) in [5.41, 5.74) is 1.99. The van der Waals surface area contributed by atoms with E-state index in [-0.39, 0.29) is 11.8 Å². The molecule has 0 aromatic carbocycles. The molecule has 0 amide bonds. The zero-order valence-electron chi connectivity index (χ0n) is 8.22. The van der Waals surface area contributed by atoms with Crippen molar-refractivity contribution >= 4 is 23.1 Å². The molecule has 3 nitrogen and oxygen atoms in total. The van der Waals surface area contributed by atoms with Crippen LogP contribution in [0.5, 0.6) is 0 Å². The summed E-state index contributed by atoms with van der Waals surface area (Å²) >= 11 is 5.09. The van der Waals surface area contributed by atoms with Crippen LogP contribution in [0, 0.1) is 0 Å². The van der Waals surface area contributed by atoms with Gasteiger partial charge < -0.3 is 10.6 Å². The molecule has 0 saturated heterocycles. The van der Waals surface area contributed by atoms with Gasteiger partial charge in [0, 0.05) is 17.7 Å². The van der Waals surface area contributed by atoms with E-state index >= 15 is 0 Å². The first-order valence-corrected chi connectivity index (χ1v) is 5.47. The molecule has 1 aliphatic heterocycles. The number of nitrogens with one attached hydrogen (secondary N) is 2. The van der Waals surface area contributed by atoms with Gasteiger partial charge in [0.25, 0.3) is 0 Å². The zero-order chi connectivity index (χ0) is 10.1. The number of carbonyl (C=O) groups excluding carboxylic acids is 1. The molecule has 1 aliphatic carbocycles. The predicted molar refractivity (Wildman–Crippen MR) is 58.8 cm³/mol. The molecule has 14 heavy (non-hydrogen) atoms. The predicted octanol–water partition coefficient (Wildman–Crippen LogP) is 1.25. The van der Waals surface area contributed by atoms with Crippen LogP contribution in [0.25, 0.3) is 0 Å². The van der Waals surface area contributed by atoms with Crippen LogP contribution in [0.3, 0.4) is 0 Å². The molecule has 2 aliphatic rings. The summed E-state index contributed by atoms with van der Waals surface area (Å²) in [6.07, 6.45) is 3.50. The van der Waals surface area contributed by atoms with Crippen molar-refractivity contribution < 1.29 is 4.79 Å². The Morgan fingerprint density at radius 1 is 1.50 bits per heavy atom. The molecule has 1 unspecified atom stereocenters. The fourth-order valence-corrected chi connectivity index (χ4v) is 2.37. The van der Waals surface area contributed by atoms with E-state index in [1.165, 1.54) is 0 Å². The van der Waals surface area contributed by atoms with E-state index in [4.69, 9.17) is 12.2 Å². The van der Waals surface area contributed by atoms with Crippen LogP contribution in [0.1, 0.15) is 32.6 Å². The number of Topliss-reactive ketones (excluding diaryl/α,β-unsaturated/α-hetero) is 1. The molecular weight excluding hydrogens is 196 g/mol. The SMILES string of the molecule is CCC1NC(=S)NC2=C1C(=O)CCC2. The summed E-state index contributed by atoms with van der Waals surface area (Å²) in [6.45, 7) is 2.07. The highest BCUT2D eigenvalue weighted by atomic mass is 32.1. The first-order chi connectivity index (χ1) is 6.72. The summed E-state index contributed by atoms with van der Waals surface area (Å²) in [7, 11) is 0. The topological polar surface area (TPSA) is 41.1 Å². The smallest absolute Gasteiger partial charge is 0.171 e. The van der Waals surface area contributed by atoms with E-state index in [1.807, 2.05) is 0 Å². The maximum absolute atomic E-state index is 11.7. The zero-order valence-corrected chi connectivity index (χ0v) is 9.04. The molecule has 0 saturated carbocycles. The second kappa shape index (κ2) is 3.69. The number of hydrogen-bond acceptors (Lipinski definition) is 2. The van der Waals surface area contributed by atoms with Crippen LogP contribution in [-0.4, -0.2) is 16.9 Å². The summed E-state index contributed by atoms with van der Waals surface area (Å²) in [6, 6.07) is 0.131. The molecule has 0 spiro atoms. The lowest BCUT2D eigenvalue weighted by Crippen LogP contribution is -2.50. The summed E-state index contributed by atoms with van der Waals surface area (Å²) in [4.78, 5) is 11.7. The van der Waals surface area contributed by atoms with Crippen LogP contribution in [0.15, 0.2) is 11.3 Å². The van der Waals surface area contributed by atoms with Crippen LogP contribution >= 0.6 is 12.2 Å². The minimum Gasteiger partial charge on any atom is -0.355 e. The molecule has 0 fully saturated rings. The lowest BCUT2D eigenvalue weighted by molar-refractivity contribution is -0.116. The lowest BCUT2D eigenvalue weighted by Gasteiger charge is -2.32. The van der Waals surface area contributed by atoms with Crippen LogP contribution in [-0.2, 0) is 4.79 Å². The highest BCUT2D eigenvalue weighted by molar-refractivity contribution is 7.80. The first kappa shape index (κ1) is 9.65. The third-order valence-electron chi connectivity index (χ3n) is 2.78. The highest BCUT2D eigenvalue weighted by Gasteiger charge is 2.30. The minimum atomic E-state index is 0.131. The Kier molecular flexibility index (Phi) is 2.54. The summed E-state index contributed by atoms with van der Waals surface area (Å²) in [5.74, 6) is 0.278. The van der Waals surface area contributed by atoms with E-state index < -0.39 is 0 Å². The highest BCUT2D eigenvalue weighted by Crippen LogP contribution is 2.26. The molecule has 76 valence electrons. The molecule has 2 rings (SSSR count). The van der Waals surface area contributed by atoms with Crippen molar-refractivity contribution in [3.8, 4) is 0 Å². The Morgan fingerprint density at radius 3 is 3.00 bits per heavy atom. The van der Waals surface area contributed by atoms with Gasteiger partial charge in [0.1, 0.15) is 0 Å². The molecule has 1 heterocycles. The molecule has 0 aromatic heterocycles. The monoisotopic (exact) mass is 210 g/mol. The van der Waals surface area contributed by atoms with E-state index in [0.29, 0.717) is 11.5 Å². The largest absolute Gasteiger partial charge is 0.355 e. The van der Waals surface area contributed by atoms with Crippen molar-refractivity contribution in [3.63, 3.8) is 0 Å². The van der Waals surface area contributed by atoms with Crippen molar-refractivity contribution in [2.24, 2.45) is 0 Å². The quantitative estimate of drug-likeness (QED) is 0.639. The molecule has 0 aromatic rings. The Labute approximate surface area is 88.9 Å². The van der Waals surface area contributed by atoms with Gasteiger partial charge >= 0.3 is 0 Å². The van der Waals surface area contributed by atoms with Gasteiger partial charge in [-0.1, -0.05) is 6.92 Å². The summed E-state index contributed by atoms with van der Waals surface area (Å²) in [5, 5.41) is 6.89. The number of allylic oxidation sites excluding steroid dienone is 1. The van der Waals surface area contributed by atoms with E-state index in [0.717, 1.165) is 30.5 Å². The number of carbonyl (C=O) groups is 1. The fraction of sp³-hybridized carbons (Fsp3) is 0.600. The van der Waals surface area contributed by atoms with Crippen molar-refractivity contribution in [1.29, 1.82) is 0 Å². The Morgan fingerprint density at radius 2 is 2.29 bits per heavy atom. The van der Waals surface area contributed by atoms with Gasteiger partial charge in [-0.2, -0.15) is 0 Å². The van der Waals surface area contributed by atoms with Crippen molar-refractivity contribution in [2.75, 3.05) is 0 Å². The Bertz CT molecular complexity index is 322. The fourth-order valence-electron chi connectivity index (χ4n) is 2.11. The molecular formula is C10H14N2OS. The van der Waals surface area contributed by atoms with Gasteiger partial charge in [0.05, 0.1) is 6.04 Å². The van der Waals surface area contributed by atoms with E-state index in [1.54, 1.807) is 0 Å². The van der Waals surface area contributed by atoms with Crippen molar-refractivity contribution in [1.82, 2.24) is 10.6 Å². The Hall–Kier alpha value is -0.900. The van der Waals surface area contributed by atoms with Gasteiger partial charge in [-0.15, -0.1) is 0 Å². The second-order valence-corrected chi connectivity index (χ2v) is 4.14. The van der Waals surface area contributed by atoms with Crippen molar-refractivity contribution in [2.45, 2.75) is 38.6 Å². The number of hydrogen-bond donors (Lipinski definition) is 2. The number of thiocarbonyl (C=S) groups is 1. The van der Waals surface area contributed by atoms with Gasteiger partial charge in [0.15, 0.2) is 10.9 Å². The van der Waals surface area contributed by atoms with E-state index in [9.17, 15) is 4.79 Å². The number of ketones is 1. The number of rotatable bonds is 1.